The van der Waals surface area contributed by atoms with Crippen molar-refractivity contribution in [2.24, 2.45) is 0 Å². The fraction of sp³-hybridized carbons (Fsp3) is 0.455. The molecule has 1 fully saturated rings. The van der Waals surface area contributed by atoms with Gasteiger partial charge in [0.2, 0.25) is 0 Å². The summed E-state index contributed by atoms with van der Waals surface area (Å²) in [6.07, 6.45) is 0.210. The van der Waals surface area contributed by atoms with Gasteiger partial charge in [-0.15, -0.1) is 0 Å². The van der Waals surface area contributed by atoms with E-state index in [2.05, 4.69) is 5.32 Å². The number of aromatic hydroxyl groups is 2. The predicted octanol–water partition coefficient (Wildman–Crippen LogP) is 0.683. The summed E-state index contributed by atoms with van der Waals surface area (Å²) in [4.78, 5) is 0. The first-order valence-corrected chi connectivity index (χ1v) is 5.13. The van der Waals surface area contributed by atoms with Crippen LogP contribution >= 0.6 is 0 Å². The van der Waals surface area contributed by atoms with Crippen LogP contribution in [0.3, 0.4) is 0 Å². The van der Waals surface area contributed by atoms with E-state index in [4.69, 9.17) is 4.74 Å². The van der Waals surface area contributed by atoms with Gasteiger partial charge in [0, 0.05) is 19.0 Å². The molecule has 1 aromatic carbocycles. The zero-order valence-corrected chi connectivity index (χ0v) is 8.23. The van der Waals surface area contributed by atoms with E-state index in [1.807, 2.05) is 0 Å². The van der Waals surface area contributed by atoms with Crippen LogP contribution in [0.1, 0.15) is 17.0 Å². The van der Waals surface area contributed by atoms with Crippen molar-refractivity contribution >= 4 is 0 Å². The van der Waals surface area contributed by atoms with Crippen molar-refractivity contribution < 1.29 is 14.9 Å². The Balaban J connectivity index is 2.09. The van der Waals surface area contributed by atoms with Gasteiger partial charge in [0.05, 0.1) is 12.7 Å². The number of phenols is 2. The van der Waals surface area contributed by atoms with E-state index in [0.29, 0.717) is 12.5 Å². The minimum absolute atomic E-state index is 0.0405. The topological polar surface area (TPSA) is 61.7 Å². The molecular formula is C11H13NO3. The second kappa shape index (κ2) is 3.12. The summed E-state index contributed by atoms with van der Waals surface area (Å²) < 4.78 is 5.67. The van der Waals surface area contributed by atoms with Crippen molar-refractivity contribution in [3.8, 4) is 11.5 Å². The van der Waals surface area contributed by atoms with Gasteiger partial charge in [-0.25, -0.2) is 0 Å². The van der Waals surface area contributed by atoms with E-state index >= 15 is 0 Å². The molecule has 3 rings (SSSR count). The highest BCUT2D eigenvalue weighted by molar-refractivity contribution is 5.48. The van der Waals surface area contributed by atoms with Crippen LogP contribution in [0, 0.1) is 0 Å². The number of benzene rings is 1. The van der Waals surface area contributed by atoms with Crippen LogP contribution in [0.5, 0.6) is 11.5 Å². The Labute approximate surface area is 87.5 Å². The minimum Gasteiger partial charge on any atom is -0.504 e. The van der Waals surface area contributed by atoms with E-state index in [0.717, 1.165) is 24.2 Å². The smallest absolute Gasteiger partial charge is 0.157 e. The standard InChI is InChI=1S/C11H13NO3/c13-9-1-6-5-15-11-4-12-3-8(11)7(6)2-10(9)14/h1-2,8,11-14H,3-5H2/t8-,11-/m0/s1. The molecule has 0 amide bonds. The Morgan fingerprint density at radius 2 is 2.00 bits per heavy atom. The Hall–Kier alpha value is -1.26. The van der Waals surface area contributed by atoms with Crippen LogP contribution in [0.15, 0.2) is 12.1 Å². The summed E-state index contributed by atoms with van der Waals surface area (Å²) in [6, 6.07) is 3.26. The molecule has 0 saturated carbocycles. The van der Waals surface area contributed by atoms with Crippen molar-refractivity contribution in [3.05, 3.63) is 23.3 Å². The molecule has 2 aliphatic heterocycles. The second-order valence-corrected chi connectivity index (χ2v) is 4.15. The first-order chi connectivity index (χ1) is 7.25. The van der Waals surface area contributed by atoms with Crippen LogP contribution in [-0.2, 0) is 11.3 Å². The molecule has 4 nitrogen and oxygen atoms in total. The largest absolute Gasteiger partial charge is 0.504 e. The van der Waals surface area contributed by atoms with E-state index in [1.165, 1.54) is 0 Å². The summed E-state index contributed by atoms with van der Waals surface area (Å²) in [7, 11) is 0. The first-order valence-electron chi connectivity index (χ1n) is 5.13. The molecule has 0 aromatic heterocycles. The van der Waals surface area contributed by atoms with Crippen molar-refractivity contribution in [2.45, 2.75) is 18.6 Å². The molecule has 80 valence electrons. The van der Waals surface area contributed by atoms with Gasteiger partial charge in [0.1, 0.15) is 0 Å². The molecule has 2 aliphatic rings. The SMILES string of the molecule is Oc1cc2c(cc1O)[C@@H]1CNC[C@@H]1OC2. The number of phenolic OH excluding ortho intramolecular Hbond substituents is 2. The first kappa shape index (κ1) is 9.00. The van der Waals surface area contributed by atoms with Crippen molar-refractivity contribution in [2.75, 3.05) is 13.1 Å². The van der Waals surface area contributed by atoms with E-state index in [-0.39, 0.29) is 17.6 Å². The van der Waals surface area contributed by atoms with Crippen LogP contribution in [-0.4, -0.2) is 29.4 Å². The van der Waals surface area contributed by atoms with E-state index in [1.54, 1.807) is 12.1 Å². The highest BCUT2D eigenvalue weighted by Crippen LogP contribution is 2.38. The lowest BCUT2D eigenvalue weighted by Crippen LogP contribution is -2.26. The Bertz CT molecular complexity index is 405. The molecule has 1 aromatic rings. The van der Waals surface area contributed by atoms with Crippen LogP contribution < -0.4 is 5.32 Å². The van der Waals surface area contributed by atoms with Gasteiger partial charge < -0.3 is 20.3 Å². The van der Waals surface area contributed by atoms with E-state index in [9.17, 15) is 10.2 Å². The molecule has 2 atom stereocenters. The number of rotatable bonds is 0. The maximum atomic E-state index is 9.48. The summed E-state index contributed by atoms with van der Waals surface area (Å²) >= 11 is 0. The fourth-order valence-electron chi connectivity index (χ4n) is 2.44. The highest BCUT2D eigenvalue weighted by Gasteiger charge is 2.34. The molecule has 0 radical (unpaired) electrons. The Morgan fingerprint density at radius 3 is 2.87 bits per heavy atom. The average Bonchev–Trinajstić information content (AvgIpc) is 2.68. The number of hydrogen-bond acceptors (Lipinski definition) is 4. The molecule has 4 heteroatoms. The van der Waals surface area contributed by atoms with Crippen molar-refractivity contribution in [1.29, 1.82) is 0 Å². The summed E-state index contributed by atoms with van der Waals surface area (Å²) in [5, 5.41) is 22.1. The molecule has 0 aliphatic carbocycles. The second-order valence-electron chi connectivity index (χ2n) is 4.15. The van der Waals surface area contributed by atoms with Gasteiger partial charge in [-0.2, -0.15) is 0 Å². The molecule has 15 heavy (non-hydrogen) atoms. The van der Waals surface area contributed by atoms with E-state index < -0.39 is 0 Å². The van der Waals surface area contributed by atoms with Gasteiger partial charge in [-0.05, 0) is 23.3 Å². The lowest BCUT2D eigenvalue weighted by molar-refractivity contribution is 0.0297. The van der Waals surface area contributed by atoms with Gasteiger partial charge >= 0.3 is 0 Å². The molecule has 2 heterocycles. The highest BCUT2D eigenvalue weighted by atomic mass is 16.5. The number of ether oxygens (including phenoxy) is 1. The third-order valence-electron chi connectivity index (χ3n) is 3.25. The molecule has 0 bridgehead atoms. The molecule has 1 saturated heterocycles. The minimum atomic E-state index is -0.0678. The maximum absolute atomic E-state index is 9.48. The van der Waals surface area contributed by atoms with Gasteiger partial charge in [0.25, 0.3) is 0 Å². The third-order valence-corrected chi connectivity index (χ3v) is 3.25. The predicted molar refractivity (Wildman–Crippen MR) is 54.0 cm³/mol. The fourth-order valence-corrected chi connectivity index (χ4v) is 2.44. The molecule has 0 spiro atoms. The normalized spacial score (nSPS) is 28.5. The number of hydrogen-bond donors (Lipinski definition) is 3. The zero-order valence-electron chi connectivity index (χ0n) is 8.23. The number of fused-ring (bicyclic) bond motifs is 3. The molecular weight excluding hydrogens is 194 g/mol. The molecule has 0 unspecified atom stereocenters. The number of nitrogens with one attached hydrogen (secondary N) is 1. The quantitative estimate of drug-likeness (QED) is 0.547. The van der Waals surface area contributed by atoms with Crippen molar-refractivity contribution in [1.82, 2.24) is 5.32 Å². The summed E-state index contributed by atoms with van der Waals surface area (Å²) in [6.45, 7) is 2.26. The average molecular weight is 207 g/mol. The third kappa shape index (κ3) is 1.29. The van der Waals surface area contributed by atoms with Crippen LogP contribution in [0.25, 0.3) is 0 Å². The lowest BCUT2D eigenvalue weighted by Gasteiger charge is -2.28. The van der Waals surface area contributed by atoms with Gasteiger partial charge in [0.15, 0.2) is 11.5 Å². The van der Waals surface area contributed by atoms with Crippen LogP contribution in [0.4, 0.5) is 0 Å². The zero-order chi connectivity index (χ0) is 10.4. The Morgan fingerprint density at radius 1 is 1.20 bits per heavy atom. The Kier molecular flexibility index (Phi) is 1.87. The summed E-state index contributed by atoms with van der Waals surface area (Å²) in [5.41, 5.74) is 2.09. The van der Waals surface area contributed by atoms with Crippen molar-refractivity contribution in [3.63, 3.8) is 0 Å². The lowest BCUT2D eigenvalue weighted by atomic mass is 9.89. The van der Waals surface area contributed by atoms with Crippen LogP contribution in [0.2, 0.25) is 0 Å². The van der Waals surface area contributed by atoms with Gasteiger partial charge in [-0.3, -0.25) is 0 Å². The summed E-state index contributed by atoms with van der Waals surface area (Å²) in [5.74, 6) is 0.198. The monoisotopic (exact) mass is 207 g/mol. The van der Waals surface area contributed by atoms with Gasteiger partial charge in [-0.1, -0.05) is 0 Å². The maximum Gasteiger partial charge on any atom is 0.157 e. The molecule has 3 N–H and O–H groups in total.